The van der Waals surface area contributed by atoms with Crippen molar-refractivity contribution in [1.82, 2.24) is 15.1 Å². The summed E-state index contributed by atoms with van der Waals surface area (Å²) in [4.78, 5) is 23.3. The van der Waals surface area contributed by atoms with Crippen LogP contribution in [0.15, 0.2) is 30.5 Å². The molecule has 2 N–H and O–H groups in total. The second kappa shape index (κ2) is 8.16. The average Bonchev–Trinajstić information content (AvgIpc) is 2.98. The van der Waals surface area contributed by atoms with Crippen LogP contribution in [0.5, 0.6) is 0 Å². The van der Waals surface area contributed by atoms with Gasteiger partial charge in [0, 0.05) is 17.5 Å². The van der Waals surface area contributed by atoms with E-state index < -0.39 is 5.97 Å². The Hall–Kier alpha value is -2.34. The molecule has 2 rings (SSSR count). The third kappa shape index (κ3) is 4.82. The molecule has 1 heterocycles. The molecule has 1 aromatic heterocycles. The average molecular weight is 364 g/mol. The highest BCUT2D eigenvalue weighted by Crippen LogP contribution is 2.24. The summed E-state index contributed by atoms with van der Waals surface area (Å²) < 4.78 is 1.72. The molecule has 6 nitrogen and oxygen atoms in total. The third-order valence-electron chi connectivity index (χ3n) is 3.82. The fourth-order valence-corrected chi connectivity index (χ4v) is 2.80. The number of rotatable bonds is 7. The van der Waals surface area contributed by atoms with Gasteiger partial charge in [0.15, 0.2) is 0 Å². The number of carbonyl (C=O) groups excluding carboxylic acids is 1. The summed E-state index contributed by atoms with van der Waals surface area (Å²) in [5.41, 5.74) is 2.05. The normalized spacial score (nSPS) is 12.2. The maximum absolute atomic E-state index is 12.6. The molecular weight excluding hydrogens is 342 g/mol. The van der Waals surface area contributed by atoms with Gasteiger partial charge in [-0.1, -0.05) is 31.5 Å². The van der Waals surface area contributed by atoms with E-state index in [1.165, 1.54) is 6.20 Å². The molecule has 0 fully saturated rings. The van der Waals surface area contributed by atoms with Gasteiger partial charge in [0.1, 0.15) is 0 Å². The van der Waals surface area contributed by atoms with Crippen LogP contribution in [0.1, 0.15) is 55.6 Å². The molecule has 1 unspecified atom stereocenters. The number of benzene rings is 1. The first kappa shape index (κ1) is 19.0. The van der Waals surface area contributed by atoms with Crippen LogP contribution in [-0.2, 0) is 4.79 Å². The molecule has 1 amide bonds. The minimum Gasteiger partial charge on any atom is -0.481 e. The summed E-state index contributed by atoms with van der Waals surface area (Å²) in [6, 6.07) is 7.04. The summed E-state index contributed by atoms with van der Waals surface area (Å²) in [6.45, 7) is 5.77. The number of hydrogen-bond donors (Lipinski definition) is 2. The first-order chi connectivity index (χ1) is 11.8. The lowest BCUT2D eigenvalue weighted by Crippen LogP contribution is -2.33. The van der Waals surface area contributed by atoms with Gasteiger partial charge in [-0.2, -0.15) is 5.10 Å². The van der Waals surface area contributed by atoms with Crippen molar-refractivity contribution in [3.63, 3.8) is 0 Å². The van der Waals surface area contributed by atoms with Gasteiger partial charge in [-0.15, -0.1) is 0 Å². The van der Waals surface area contributed by atoms with E-state index in [-0.39, 0.29) is 24.3 Å². The van der Waals surface area contributed by atoms with E-state index in [0.717, 1.165) is 11.4 Å². The van der Waals surface area contributed by atoms with Gasteiger partial charge in [-0.3, -0.25) is 9.59 Å². The topological polar surface area (TPSA) is 84.2 Å². The van der Waals surface area contributed by atoms with Crippen molar-refractivity contribution in [2.24, 2.45) is 0 Å². The van der Waals surface area contributed by atoms with E-state index in [1.54, 1.807) is 23.7 Å². The highest BCUT2D eigenvalue weighted by atomic mass is 35.5. The summed E-state index contributed by atoms with van der Waals surface area (Å²) in [6.07, 6.45) is 1.93. The molecule has 0 aliphatic heterocycles. The number of carboxylic acid groups (broad SMARTS) is 1. The molecule has 0 saturated heterocycles. The highest BCUT2D eigenvalue weighted by Gasteiger charge is 2.22. The number of aromatic nitrogens is 2. The second-order valence-corrected chi connectivity index (χ2v) is 6.73. The molecule has 2 aromatic rings. The van der Waals surface area contributed by atoms with Crippen molar-refractivity contribution in [2.45, 2.75) is 45.6 Å². The number of nitrogens with one attached hydrogen (secondary N) is 1. The van der Waals surface area contributed by atoms with Crippen molar-refractivity contribution in [3.05, 3.63) is 46.7 Å². The predicted molar refractivity (Wildman–Crippen MR) is 96.5 cm³/mol. The molecule has 134 valence electrons. The molecule has 1 atom stereocenters. The molecule has 0 aliphatic carbocycles. The summed E-state index contributed by atoms with van der Waals surface area (Å²) in [5, 5.41) is 16.5. The Bertz CT molecular complexity index is 771. The fourth-order valence-electron chi connectivity index (χ4n) is 2.62. The predicted octanol–water partition coefficient (Wildman–Crippen LogP) is 3.63. The number of amides is 1. The molecule has 7 heteroatoms. The SMILES string of the molecule is CC(CCC(=O)O)NC(=O)c1cnn(-c2cccc(Cl)c2)c1C(C)C. The van der Waals surface area contributed by atoms with Crippen molar-refractivity contribution in [2.75, 3.05) is 0 Å². The Balaban J connectivity index is 2.27. The Morgan fingerprint density at radius 1 is 1.32 bits per heavy atom. The van der Waals surface area contributed by atoms with E-state index in [4.69, 9.17) is 16.7 Å². The number of carboxylic acids is 1. The maximum atomic E-state index is 12.6. The van der Waals surface area contributed by atoms with Crippen LogP contribution in [0, 0.1) is 0 Å². The van der Waals surface area contributed by atoms with E-state index in [9.17, 15) is 9.59 Å². The molecule has 0 bridgehead atoms. The highest BCUT2D eigenvalue weighted by molar-refractivity contribution is 6.30. The zero-order chi connectivity index (χ0) is 18.6. The number of carbonyl (C=O) groups is 2. The molecular formula is C18H22ClN3O3. The standard InChI is InChI=1S/C18H22ClN3O3/c1-11(2)17-15(18(25)21-12(3)7-8-16(23)24)10-20-22(17)14-6-4-5-13(19)9-14/h4-6,9-12H,7-8H2,1-3H3,(H,21,25)(H,23,24). The lowest BCUT2D eigenvalue weighted by molar-refractivity contribution is -0.137. The Morgan fingerprint density at radius 3 is 2.64 bits per heavy atom. The smallest absolute Gasteiger partial charge is 0.303 e. The Labute approximate surface area is 151 Å². The fraction of sp³-hybridized carbons (Fsp3) is 0.389. The molecule has 1 aromatic carbocycles. The minimum atomic E-state index is -0.877. The Kier molecular flexibility index (Phi) is 6.20. The van der Waals surface area contributed by atoms with E-state index >= 15 is 0 Å². The molecule has 0 saturated carbocycles. The monoisotopic (exact) mass is 363 g/mol. The zero-order valence-electron chi connectivity index (χ0n) is 14.5. The van der Waals surface area contributed by atoms with Gasteiger partial charge in [0.25, 0.3) is 5.91 Å². The van der Waals surface area contributed by atoms with Crippen LogP contribution in [0.2, 0.25) is 5.02 Å². The van der Waals surface area contributed by atoms with Crippen LogP contribution in [0.25, 0.3) is 5.69 Å². The van der Waals surface area contributed by atoms with Crippen molar-refractivity contribution < 1.29 is 14.7 Å². The summed E-state index contributed by atoms with van der Waals surface area (Å²) in [7, 11) is 0. The number of aliphatic carboxylic acids is 1. The van der Waals surface area contributed by atoms with Gasteiger partial charge < -0.3 is 10.4 Å². The maximum Gasteiger partial charge on any atom is 0.303 e. The second-order valence-electron chi connectivity index (χ2n) is 6.30. The van der Waals surface area contributed by atoms with Crippen LogP contribution < -0.4 is 5.32 Å². The quantitative estimate of drug-likeness (QED) is 0.786. The lowest BCUT2D eigenvalue weighted by Gasteiger charge is -2.15. The minimum absolute atomic E-state index is 0.0141. The van der Waals surface area contributed by atoms with Crippen molar-refractivity contribution in [3.8, 4) is 5.69 Å². The van der Waals surface area contributed by atoms with E-state index in [0.29, 0.717) is 17.0 Å². The first-order valence-electron chi connectivity index (χ1n) is 8.16. The molecule has 0 radical (unpaired) electrons. The third-order valence-corrected chi connectivity index (χ3v) is 4.05. The van der Waals surface area contributed by atoms with Gasteiger partial charge >= 0.3 is 5.97 Å². The van der Waals surface area contributed by atoms with Gasteiger partial charge in [-0.05, 0) is 37.5 Å². The van der Waals surface area contributed by atoms with Crippen LogP contribution in [0.3, 0.4) is 0 Å². The summed E-state index contributed by atoms with van der Waals surface area (Å²) >= 11 is 6.06. The van der Waals surface area contributed by atoms with Crippen LogP contribution >= 0.6 is 11.6 Å². The van der Waals surface area contributed by atoms with E-state index in [2.05, 4.69) is 10.4 Å². The molecule has 0 aliphatic rings. The van der Waals surface area contributed by atoms with Crippen molar-refractivity contribution >= 4 is 23.5 Å². The Morgan fingerprint density at radius 2 is 2.04 bits per heavy atom. The molecule has 25 heavy (non-hydrogen) atoms. The van der Waals surface area contributed by atoms with Crippen LogP contribution in [-0.4, -0.2) is 32.8 Å². The van der Waals surface area contributed by atoms with Crippen molar-refractivity contribution in [1.29, 1.82) is 0 Å². The van der Waals surface area contributed by atoms with E-state index in [1.807, 2.05) is 26.0 Å². The first-order valence-corrected chi connectivity index (χ1v) is 8.54. The summed E-state index contributed by atoms with van der Waals surface area (Å²) in [5.74, 6) is -1.07. The largest absolute Gasteiger partial charge is 0.481 e. The van der Waals surface area contributed by atoms with Gasteiger partial charge in [0.2, 0.25) is 0 Å². The van der Waals surface area contributed by atoms with Crippen LogP contribution in [0.4, 0.5) is 0 Å². The molecule has 0 spiro atoms. The number of nitrogens with zero attached hydrogens (tertiary/aromatic N) is 2. The lowest BCUT2D eigenvalue weighted by atomic mass is 10.0. The van der Waals surface area contributed by atoms with Gasteiger partial charge in [-0.25, -0.2) is 4.68 Å². The number of hydrogen-bond acceptors (Lipinski definition) is 3. The van der Waals surface area contributed by atoms with Gasteiger partial charge in [0.05, 0.1) is 23.1 Å². The number of halogens is 1. The zero-order valence-corrected chi connectivity index (χ0v) is 15.2.